The van der Waals surface area contributed by atoms with Crippen LogP contribution in [0.1, 0.15) is 19.3 Å². The second-order valence-electron chi connectivity index (χ2n) is 3.39. The summed E-state index contributed by atoms with van der Waals surface area (Å²) in [5, 5.41) is 10.2. The Kier molecular flexibility index (Phi) is 3.33. The molecule has 1 aliphatic rings. The molecular formula is C8H12FNO3. The molecule has 0 radical (unpaired) electrons. The van der Waals surface area contributed by atoms with Crippen LogP contribution >= 0.6 is 0 Å². The molecule has 1 saturated carbocycles. The maximum absolute atomic E-state index is 12.4. The predicted molar refractivity (Wildman–Crippen MR) is 43.7 cm³/mol. The van der Waals surface area contributed by atoms with Crippen molar-refractivity contribution in [1.82, 2.24) is 0 Å². The minimum absolute atomic E-state index is 0.152. The van der Waals surface area contributed by atoms with E-state index in [0.717, 1.165) is 0 Å². The molecule has 2 atom stereocenters. The number of halogens is 1. The number of rotatable bonds is 3. The van der Waals surface area contributed by atoms with Crippen LogP contribution in [0.15, 0.2) is 0 Å². The zero-order valence-corrected chi connectivity index (χ0v) is 7.24. The zero-order valence-electron chi connectivity index (χ0n) is 7.24. The minimum atomic E-state index is -0.753. The van der Waals surface area contributed by atoms with E-state index in [2.05, 4.69) is 0 Å². The van der Waals surface area contributed by atoms with Gasteiger partial charge in [-0.1, -0.05) is 0 Å². The number of hydrogen-bond acceptors (Lipinski definition) is 3. The highest BCUT2D eigenvalue weighted by Gasteiger charge is 2.34. The van der Waals surface area contributed by atoms with Gasteiger partial charge in [-0.3, -0.25) is 19.3 Å². The number of nitro groups is 1. The van der Waals surface area contributed by atoms with Crippen molar-refractivity contribution in [2.24, 2.45) is 11.8 Å². The van der Waals surface area contributed by atoms with Gasteiger partial charge in [-0.2, -0.15) is 0 Å². The molecule has 0 aliphatic heterocycles. The van der Waals surface area contributed by atoms with Crippen molar-refractivity contribution < 1.29 is 14.1 Å². The number of alkyl halides is 1. The first kappa shape index (κ1) is 10.1. The van der Waals surface area contributed by atoms with Crippen LogP contribution in [0, 0.1) is 22.0 Å². The molecule has 0 heterocycles. The Morgan fingerprint density at radius 2 is 2.31 bits per heavy atom. The van der Waals surface area contributed by atoms with E-state index in [1.54, 1.807) is 0 Å². The van der Waals surface area contributed by atoms with Crippen LogP contribution in [-0.4, -0.2) is 23.9 Å². The van der Waals surface area contributed by atoms with E-state index >= 15 is 0 Å². The summed E-state index contributed by atoms with van der Waals surface area (Å²) in [5.41, 5.74) is 0. The van der Waals surface area contributed by atoms with Gasteiger partial charge < -0.3 is 0 Å². The normalized spacial score (nSPS) is 28.8. The van der Waals surface area contributed by atoms with E-state index in [4.69, 9.17) is 0 Å². The third-order valence-corrected chi connectivity index (χ3v) is 2.53. The van der Waals surface area contributed by atoms with Crippen LogP contribution in [-0.2, 0) is 4.79 Å². The molecule has 5 heteroatoms. The average molecular weight is 189 g/mol. The summed E-state index contributed by atoms with van der Waals surface area (Å²) in [7, 11) is 0. The number of nitrogens with zero attached hydrogens (tertiary/aromatic N) is 1. The van der Waals surface area contributed by atoms with Crippen LogP contribution in [0.4, 0.5) is 4.39 Å². The Bertz CT molecular complexity index is 219. The molecule has 4 nitrogen and oxygen atoms in total. The quantitative estimate of drug-likeness (QED) is 0.495. The number of ketones is 1. The molecule has 1 fully saturated rings. The Labute approximate surface area is 75.3 Å². The molecule has 0 bridgehead atoms. The fourth-order valence-electron chi connectivity index (χ4n) is 1.81. The van der Waals surface area contributed by atoms with E-state index in [1.807, 2.05) is 0 Å². The lowest BCUT2D eigenvalue weighted by atomic mass is 9.79. The molecule has 74 valence electrons. The number of hydrogen-bond donors (Lipinski definition) is 0. The van der Waals surface area contributed by atoms with Gasteiger partial charge in [-0.25, -0.2) is 0 Å². The van der Waals surface area contributed by atoms with E-state index in [9.17, 15) is 19.3 Å². The SMILES string of the molecule is O=C1CCCC(C[N+](=O)[O-])C1CF. The summed E-state index contributed by atoms with van der Waals surface area (Å²) >= 11 is 0. The van der Waals surface area contributed by atoms with Crippen LogP contribution in [0.3, 0.4) is 0 Å². The summed E-state index contributed by atoms with van der Waals surface area (Å²) in [4.78, 5) is 20.9. The topological polar surface area (TPSA) is 60.2 Å². The average Bonchev–Trinajstić information content (AvgIpc) is 2.03. The second-order valence-corrected chi connectivity index (χ2v) is 3.39. The number of Topliss-reactive ketones (excluding diaryl/α,β-unsaturated/α-hetero) is 1. The highest BCUT2D eigenvalue weighted by atomic mass is 19.1. The molecule has 0 aromatic carbocycles. The molecule has 0 saturated heterocycles. The van der Waals surface area contributed by atoms with Crippen molar-refractivity contribution in [2.75, 3.05) is 13.2 Å². The van der Waals surface area contributed by atoms with Gasteiger partial charge in [0.25, 0.3) is 0 Å². The fourth-order valence-corrected chi connectivity index (χ4v) is 1.81. The van der Waals surface area contributed by atoms with E-state index in [-0.39, 0.29) is 18.2 Å². The van der Waals surface area contributed by atoms with Gasteiger partial charge in [-0.05, 0) is 12.8 Å². The molecule has 0 amide bonds. The number of carbonyl (C=O) groups excluding carboxylic acids is 1. The third-order valence-electron chi connectivity index (χ3n) is 2.53. The molecule has 13 heavy (non-hydrogen) atoms. The zero-order chi connectivity index (χ0) is 9.84. The molecular weight excluding hydrogens is 177 g/mol. The van der Waals surface area contributed by atoms with Crippen molar-refractivity contribution in [2.45, 2.75) is 19.3 Å². The van der Waals surface area contributed by atoms with Crippen LogP contribution in [0.25, 0.3) is 0 Å². The Balaban J connectivity index is 2.59. The summed E-state index contributed by atoms with van der Waals surface area (Å²) < 4.78 is 12.4. The molecule has 0 spiro atoms. The molecule has 2 unspecified atom stereocenters. The van der Waals surface area contributed by atoms with Crippen molar-refractivity contribution in [1.29, 1.82) is 0 Å². The van der Waals surface area contributed by atoms with Gasteiger partial charge in [0.05, 0.1) is 12.6 Å². The molecule has 1 aliphatic carbocycles. The Morgan fingerprint density at radius 1 is 1.62 bits per heavy atom. The largest absolute Gasteiger partial charge is 0.299 e. The van der Waals surface area contributed by atoms with Crippen LogP contribution < -0.4 is 0 Å². The van der Waals surface area contributed by atoms with Gasteiger partial charge in [0.15, 0.2) is 0 Å². The van der Waals surface area contributed by atoms with Gasteiger partial charge >= 0.3 is 0 Å². The van der Waals surface area contributed by atoms with E-state index in [1.165, 1.54) is 0 Å². The lowest BCUT2D eigenvalue weighted by molar-refractivity contribution is -0.490. The van der Waals surface area contributed by atoms with Crippen LogP contribution in [0.2, 0.25) is 0 Å². The van der Waals surface area contributed by atoms with Gasteiger partial charge in [0.2, 0.25) is 6.54 Å². The smallest absolute Gasteiger partial charge is 0.207 e. The monoisotopic (exact) mass is 189 g/mol. The number of carbonyl (C=O) groups is 1. The van der Waals surface area contributed by atoms with Gasteiger partial charge in [0.1, 0.15) is 5.78 Å². The van der Waals surface area contributed by atoms with Gasteiger partial charge in [-0.15, -0.1) is 0 Å². The first-order valence-corrected chi connectivity index (χ1v) is 4.35. The summed E-state index contributed by atoms with van der Waals surface area (Å²) in [5.74, 6) is -1.26. The van der Waals surface area contributed by atoms with E-state index in [0.29, 0.717) is 19.3 Å². The lowest BCUT2D eigenvalue weighted by Crippen LogP contribution is -2.34. The van der Waals surface area contributed by atoms with Crippen molar-refractivity contribution in [3.8, 4) is 0 Å². The lowest BCUT2D eigenvalue weighted by Gasteiger charge is -2.24. The van der Waals surface area contributed by atoms with Crippen molar-refractivity contribution in [3.63, 3.8) is 0 Å². The van der Waals surface area contributed by atoms with Crippen molar-refractivity contribution >= 4 is 5.78 Å². The van der Waals surface area contributed by atoms with E-state index < -0.39 is 17.5 Å². The molecule has 0 N–H and O–H groups in total. The van der Waals surface area contributed by atoms with Crippen molar-refractivity contribution in [3.05, 3.63) is 10.1 Å². The third kappa shape index (κ3) is 2.47. The fraction of sp³-hybridized carbons (Fsp3) is 0.875. The molecule has 1 rings (SSSR count). The molecule has 0 aromatic rings. The molecule has 0 aromatic heterocycles. The van der Waals surface area contributed by atoms with Gasteiger partial charge in [0, 0.05) is 17.3 Å². The summed E-state index contributed by atoms with van der Waals surface area (Å²) in [6.45, 7) is -1.03. The Hall–Kier alpha value is -1.00. The summed E-state index contributed by atoms with van der Waals surface area (Å²) in [6, 6.07) is 0. The maximum Gasteiger partial charge on any atom is 0.207 e. The standard InChI is InChI=1S/C8H12FNO3/c9-4-7-6(5-10(12)13)2-1-3-8(7)11/h6-7H,1-5H2. The first-order chi connectivity index (χ1) is 6.15. The maximum atomic E-state index is 12.4. The second kappa shape index (κ2) is 4.30. The first-order valence-electron chi connectivity index (χ1n) is 4.35. The highest BCUT2D eigenvalue weighted by molar-refractivity contribution is 5.82. The van der Waals surface area contributed by atoms with Crippen LogP contribution in [0.5, 0.6) is 0 Å². The predicted octanol–water partition coefficient (Wildman–Crippen LogP) is 1.22. The minimum Gasteiger partial charge on any atom is -0.299 e. The Morgan fingerprint density at radius 3 is 2.85 bits per heavy atom. The highest BCUT2D eigenvalue weighted by Crippen LogP contribution is 2.27. The summed E-state index contributed by atoms with van der Waals surface area (Å²) in [6.07, 6.45) is 1.64.